The third-order valence-corrected chi connectivity index (χ3v) is 5.16. The number of fused-ring (bicyclic) bond motifs is 1. The molecule has 0 amide bonds. The van der Waals surface area contributed by atoms with Crippen molar-refractivity contribution < 1.29 is 4.63 Å². The van der Waals surface area contributed by atoms with Gasteiger partial charge in [-0.1, -0.05) is 47.5 Å². The minimum atomic E-state index is 0.259. The van der Waals surface area contributed by atoms with E-state index in [2.05, 4.69) is 36.1 Å². The molecule has 2 aromatic heterocycles. The van der Waals surface area contributed by atoms with Crippen LogP contribution in [0.2, 0.25) is 10.0 Å². The second kappa shape index (κ2) is 8.02. The van der Waals surface area contributed by atoms with Crippen molar-refractivity contribution in [1.29, 1.82) is 0 Å². The molecule has 29 heavy (non-hydrogen) atoms. The molecule has 0 saturated carbocycles. The van der Waals surface area contributed by atoms with Gasteiger partial charge in [0.05, 0.1) is 16.3 Å². The maximum absolute atomic E-state index is 6.19. The lowest BCUT2D eigenvalue weighted by molar-refractivity contribution is 0.314. The zero-order chi connectivity index (χ0) is 20.4. The molecule has 146 valence electrons. The lowest BCUT2D eigenvalue weighted by atomic mass is 10.1. The zero-order valence-electron chi connectivity index (χ0n) is 15.4. The fourth-order valence-corrected chi connectivity index (χ4v) is 2.96. The van der Waals surface area contributed by atoms with Crippen molar-refractivity contribution in [2.24, 2.45) is 5.10 Å². The molecule has 4 rings (SSSR count). The van der Waals surface area contributed by atoms with Crippen LogP contribution in [0.1, 0.15) is 16.7 Å². The highest BCUT2D eigenvalue weighted by Crippen LogP contribution is 2.27. The van der Waals surface area contributed by atoms with Crippen LogP contribution in [0.3, 0.4) is 0 Å². The third kappa shape index (κ3) is 3.98. The number of hydrazone groups is 1. The van der Waals surface area contributed by atoms with Crippen molar-refractivity contribution in [3.05, 3.63) is 63.1 Å². The van der Waals surface area contributed by atoms with E-state index in [0.717, 1.165) is 16.8 Å². The molecule has 10 heteroatoms. The Kier molecular flexibility index (Phi) is 5.28. The van der Waals surface area contributed by atoms with Gasteiger partial charge in [0, 0.05) is 11.3 Å². The molecule has 0 aliphatic heterocycles. The van der Waals surface area contributed by atoms with Crippen LogP contribution in [0.4, 0.5) is 17.3 Å². The quantitative estimate of drug-likeness (QED) is 0.336. The van der Waals surface area contributed by atoms with Crippen molar-refractivity contribution in [3.63, 3.8) is 0 Å². The monoisotopic (exact) mass is 427 g/mol. The summed E-state index contributed by atoms with van der Waals surface area (Å²) in [6.45, 7) is 4.06. The number of hydrogen-bond donors (Lipinski definition) is 2. The van der Waals surface area contributed by atoms with Gasteiger partial charge in [-0.15, -0.1) is 0 Å². The summed E-state index contributed by atoms with van der Waals surface area (Å²) in [5.41, 5.74) is 7.20. The fourth-order valence-electron chi connectivity index (χ4n) is 2.60. The standard InChI is InChI=1S/C19H15Cl2N7O/c1-10-5-3-8-14(11(10)2)23-16-17(25-19-18(24-16)27-29-28-19)26-22-9-12-6-4-7-13(20)15(12)21/h3-9H,1-2H3,(H,23,24,27)(H,25,26,28)/b22-9-. The number of anilines is 3. The summed E-state index contributed by atoms with van der Waals surface area (Å²) in [6, 6.07) is 11.2. The van der Waals surface area contributed by atoms with Gasteiger partial charge in [0.2, 0.25) is 11.3 Å². The molecule has 2 N–H and O–H groups in total. The largest absolute Gasteiger partial charge is 0.337 e. The van der Waals surface area contributed by atoms with Gasteiger partial charge in [-0.25, -0.2) is 9.61 Å². The molecule has 0 atom stereocenters. The van der Waals surface area contributed by atoms with E-state index in [1.165, 1.54) is 0 Å². The van der Waals surface area contributed by atoms with Crippen molar-refractivity contribution >= 4 is 58.0 Å². The van der Waals surface area contributed by atoms with Crippen LogP contribution < -0.4 is 10.7 Å². The summed E-state index contributed by atoms with van der Waals surface area (Å²) in [5, 5.41) is 15.8. The van der Waals surface area contributed by atoms with E-state index >= 15 is 0 Å². The van der Waals surface area contributed by atoms with Crippen LogP contribution in [-0.4, -0.2) is 26.5 Å². The van der Waals surface area contributed by atoms with E-state index in [9.17, 15) is 0 Å². The second-order valence-corrected chi connectivity index (χ2v) is 7.00. The molecule has 0 saturated heterocycles. The summed E-state index contributed by atoms with van der Waals surface area (Å²) < 4.78 is 4.72. The number of benzene rings is 2. The Balaban J connectivity index is 1.67. The maximum atomic E-state index is 6.19. The Labute approximate surface area is 175 Å². The minimum Gasteiger partial charge on any atom is -0.337 e. The van der Waals surface area contributed by atoms with E-state index in [-0.39, 0.29) is 11.3 Å². The number of aryl methyl sites for hydroxylation is 1. The molecule has 8 nitrogen and oxygen atoms in total. The highest BCUT2D eigenvalue weighted by molar-refractivity contribution is 6.43. The number of nitrogens with zero attached hydrogens (tertiary/aromatic N) is 5. The van der Waals surface area contributed by atoms with Crippen LogP contribution in [0.15, 0.2) is 46.1 Å². The van der Waals surface area contributed by atoms with Crippen LogP contribution in [0.5, 0.6) is 0 Å². The predicted octanol–water partition coefficient (Wildman–Crippen LogP) is 5.13. The van der Waals surface area contributed by atoms with Gasteiger partial charge in [0.1, 0.15) is 0 Å². The Morgan fingerprint density at radius 3 is 2.48 bits per heavy atom. The van der Waals surface area contributed by atoms with E-state index in [0.29, 0.717) is 27.2 Å². The minimum absolute atomic E-state index is 0.259. The fraction of sp³-hybridized carbons (Fsp3) is 0.105. The maximum Gasteiger partial charge on any atom is 0.245 e. The summed E-state index contributed by atoms with van der Waals surface area (Å²) in [7, 11) is 0. The zero-order valence-corrected chi connectivity index (χ0v) is 17.0. The van der Waals surface area contributed by atoms with E-state index in [1.54, 1.807) is 24.4 Å². The molecule has 0 aliphatic carbocycles. The topological polar surface area (TPSA) is 101 Å². The molecule has 2 aromatic carbocycles. The van der Waals surface area contributed by atoms with Gasteiger partial charge < -0.3 is 5.32 Å². The number of nitrogens with one attached hydrogen (secondary N) is 2. The predicted molar refractivity (Wildman–Crippen MR) is 114 cm³/mol. The van der Waals surface area contributed by atoms with Crippen molar-refractivity contribution in [3.8, 4) is 0 Å². The number of aromatic nitrogens is 4. The lowest BCUT2D eigenvalue weighted by Crippen LogP contribution is -2.04. The normalized spacial score (nSPS) is 11.3. The first kappa shape index (κ1) is 19.1. The summed E-state index contributed by atoms with van der Waals surface area (Å²) in [4.78, 5) is 8.81. The highest BCUT2D eigenvalue weighted by Gasteiger charge is 2.14. The third-order valence-electron chi connectivity index (χ3n) is 4.33. The van der Waals surface area contributed by atoms with Crippen LogP contribution >= 0.6 is 23.2 Å². The van der Waals surface area contributed by atoms with E-state index in [4.69, 9.17) is 27.8 Å². The van der Waals surface area contributed by atoms with Gasteiger partial charge in [0.15, 0.2) is 11.6 Å². The molecule has 0 aliphatic rings. The average molecular weight is 428 g/mol. The molecule has 0 radical (unpaired) electrons. The SMILES string of the molecule is Cc1cccc(Nc2nc3nonc3nc2N/N=C\c2cccc(Cl)c2Cl)c1C. The summed E-state index contributed by atoms with van der Waals surface area (Å²) in [5.74, 6) is 0.778. The molecular weight excluding hydrogens is 413 g/mol. The number of hydrogen-bond acceptors (Lipinski definition) is 8. The van der Waals surface area contributed by atoms with Crippen molar-refractivity contribution in [1.82, 2.24) is 20.3 Å². The summed E-state index contributed by atoms with van der Waals surface area (Å²) in [6.07, 6.45) is 1.54. The molecule has 0 bridgehead atoms. The van der Waals surface area contributed by atoms with Gasteiger partial charge >= 0.3 is 0 Å². The molecule has 0 spiro atoms. The number of halogens is 2. The van der Waals surface area contributed by atoms with E-state index < -0.39 is 0 Å². The first-order valence-electron chi connectivity index (χ1n) is 8.59. The lowest BCUT2D eigenvalue weighted by Gasteiger charge is -2.12. The van der Waals surface area contributed by atoms with Gasteiger partial charge in [-0.05, 0) is 47.4 Å². The van der Waals surface area contributed by atoms with Crippen molar-refractivity contribution in [2.75, 3.05) is 10.7 Å². The van der Waals surface area contributed by atoms with E-state index in [1.807, 2.05) is 32.0 Å². The van der Waals surface area contributed by atoms with Gasteiger partial charge in [-0.2, -0.15) is 10.1 Å². The van der Waals surface area contributed by atoms with Crippen LogP contribution in [0.25, 0.3) is 11.3 Å². The Bertz CT molecular complexity index is 1220. The Morgan fingerprint density at radius 1 is 0.966 bits per heavy atom. The molecule has 0 fully saturated rings. The summed E-state index contributed by atoms with van der Waals surface area (Å²) >= 11 is 12.2. The van der Waals surface area contributed by atoms with Crippen molar-refractivity contribution in [2.45, 2.75) is 13.8 Å². The van der Waals surface area contributed by atoms with Gasteiger partial charge in [-0.3, -0.25) is 5.43 Å². The first-order valence-corrected chi connectivity index (χ1v) is 9.35. The Hall–Kier alpha value is -3.23. The molecule has 2 heterocycles. The molecule has 4 aromatic rings. The molecular formula is C19H15Cl2N7O. The number of rotatable bonds is 5. The smallest absolute Gasteiger partial charge is 0.245 e. The second-order valence-electron chi connectivity index (χ2n) is 6.22. The van der Waals surface area contributed by atoms with Crippen LogP contribution in [-0.2, 0) is 0 Å². The first-order chi connectivity index (χ1) is 14.0. The highest BCUT2D eigenvalue weighted by atomic mass is 35.5. The van der Waals surface area contributed by atoms with Gasteiger partial charge in [0.25, 0.3) is 0 Å². The molecule has 0 unspecified atom stereocenters. The Morgan fingerprint density at radius 2 is 1.69 bits per heavy atom. The average Bonchev–Trinajstić information content (AvgIpc) is 3.16. The van der Waals surface area contributed by atoms with Crippen LogP contribution in [0, 0.1) is 13.8 Å².